The maximum Gasteiger partial charge on any atom is 0.330 e. The molecular weight excluding hydrogens is 256 g/mol. The van der Waals surface area contributed by atoms with E-state index in [1.54, 1.807) is 30.3 Å². The Hall–Kier alpha value is -2.48. The summed E-state index contributed by atoms with van der Waals surface area (Å²) in [4.78, 5) is 23.0. The zero-order valence-electron chi connectivity index (χ0n) is 11.3. The molecule has 0 aliphatic rings. The predicted molar refractivity (Wildman–Crippen MR) is 76.0 cm³/mol. The molecule has 1 aromatic rings. The number of benzene rings is 1. The number of rotatable bonds is 6. The van der Waals surface area contributed by atoms with Gasteiger partial charge in [-0.15, -0.1) is 6.42 Å². The first-order valence-corrected chi connectivity index (χ1v) is 6.39. The smallest absolute Gasteiger partial charge is 0.330 e. The molecule has 5 nitrogen and oxygen atoms in total. The third-order valence-corrected chi connectivity index (χ3v) is 2.74. The molecule has 2 unspecified atom stereocenters. The van der Waals surface area contributed by atoms with Crippen molar-refractivity contribution in [2.75, 3.05) is 0 Å². The van der Waals surface area contributed by atoms with Crippen LogP contribution in [0.2, 0.25) is 0 Å². The number of hydrogen-bond acceptors (Lipinski definition) is 2. The molecule has 5 heteroatoms. The van der Waals surface area contributed by atoms with Crippen LogP contribution < -0.4 is 10.6 Å². The zero-order valence-corrected chi connectivity index (χ0v) is 11.3. The summed E-state index contributed by atoms with van der Waals surface area (Å²) >= 11 is 0. The molecule has 0 bridgehead atoms. The van der Waals surface area contributed by atoms with Gasteiger partial charge in [-0.3, -0.25) is 0 Å². The molecule has 2 atom stereocenters. The number of terminal acetylenes is 1. The van der Waals surface area contributed by atoms with Gasteiger partial charge in [-0.2, -0.15) is 0 Å². The van der Waals surface area contributed by atoms with Crippen LogP contribution in [0.5, 0.6) is 0 Å². The van der Waals surface area contributed by atoms with E-state index in [1.807, 2.05) is 6.92 Å². The highest BCUT2D eigenvalue weighted by Gasteiger charge is 2.22. The van der Waals surface area contributed by atoms with Crippen molar-refractivity contribution in [3.8, 4) is 12.3 Å². The number of carbonyl (C=O) groups excluding carboxylic acids is 1. The topological polar surface area (TPSA) is 78.4 Å². The molecule has 0 saturated heterocycles. The fourth-order valence-corrected chi connectivity index (χ4v) is 1.75. The number of carbonyl (C=O) groups is 2. The number of aliphatic carboxylic acids is 1. The molecule has 0 fully saturated rings. The Morgan fingerprint density at radius 1 is 1.30 bits per heavy atom. The van der Waals surface area contributed by atoms with E-state index < -0.39 is 24.1 Å². The minimum atomic E-state index is -1.13. The fourth-order valence-electron chi connectivity index (χ4n) is 1.75. The molecule has 1 aromatic carbocycles. The Morgan fingerprint density at radius 2 is 1.95 bits per heavy atom. The third kappa shape index (κ3) is 4.65. The molecule has 0 saturated carbocycles. The predicted octanol–water partition coefficient (Wildman–Crippen LogP) is 1.91. The Kier molecular flexibility index (Phi) is 6.11. The van der Waals surface area contributed by atoms with Crippen molar-refractivity contribution >= 4 is 12.0 Å². The van der Waals surface area contributed by atoms with Crippen LogP contribution in [0.4, 0.5) is 4.79 Å². The van der Waals surface area contributed by atoms with Crippen molar-refractivity contribution < 1.29 is 14.7 Å². The highest BCUT2D eigenvalue weighted by atomic mass is 16.4. The summed E-state index contributed by atoms with van der Waals surface area (Å²) in [5.74, 6) is 1.33. The summed E-state index contributed by atoms with van der Waals surface area (Å²) in [5, 5.41) is 14.2. The molecule has 3 N–H and O–H groups in total. The molecule has 106 valence electrons. The Labute approximate surface area is 118 Å². The summed E-state index contributed by atoms with van der Waals surface area (Å²) in [5.41, 5.74) is 0.503. The van der Waals surface area contributed by atoms with Gasteiger partial charge in [0.05, 0.1) is 6.04 Å². The lowest BCUT2D eigenvalue weighted by atomic mass is 10.1. The first-order valence-electron chi connectivity index (χ1n) is 6.39. The molecule has 0 heterocycles. The molecule has 1 rings (SSSR count). The summed E-state index contributed by atoms with van der Waals surface area (Å²) in [6.45, 7) is 1.95. The van der Waals surface area contributed by atoms with E-state index in [2.05, 4.69) is 16.6 Å². The molecule has 0 spiro atoms. The monoisotopic (exact) mass is 274 g/mol. The summed E-state index contributed by atoms with van der Waals surface area (Å²) in [6.07, 6.45) is 6.78. The van der Waals surface area contributed by atoms with E-state index in [4.69, 9.17) is 6.42 Å². The lowest BCUT2D eigenvalue weighted by Gasteiger charge is -2.18. The van der Waals surface area contributed by atoms with Crippen LogP contribution in [0.3, 0.4) is 0 Å². The molecule has 0 aliphatic carbocycles. The number of carboxylic acid groups (broad SMARTS) is 1. The molecule has 0 aliphatic heterocycles. The van der Waals surface area contributed by atoms with E-state index in [0.717, 1.165) is 6.42 Å². The Bertz CT molecular complexity index is 494. The van der Waals surface area contributed by atoms with Gasteiger partial charge in [-0.1, -0.05) is 49.6 Å². The summed E-state index contributed by atoms with van der Waals surface area (Å²) in [7, 11) is 0. The Balaban J connectivity index is 2.70. The second-order valence-electron chi connectivity index (χ2n) is 4.31. The maximum atomic E-state index is 11.8. The number of urea groups is 1. The SMILES string of the molecule is C#CC(CCC)NC(=O)NC(C(=O)O)c1ccccc1. The van der Waals surface area contributed by atoms with Gasteiger partial charge in [0.15, 0.2) is 6.04 Å². The van der Waals surface area contributed by atoms with Gasteiger partial charge in [0, 0.05) is 0 Å². The molecule has 20 heavy (non-hydrogen) atoms. The first-order chi connectivity index (χ1) is 9.58. The van der Waals surface area contributed by atoms with Gasteiger partial charge in [-0.25, -0.2) is 9.59 Å². The van der Waals surface area contributed by atoms with E-state index in [1.165, 1.54) is 0 Å². The quantitative estimate of drug-likeness (QED) is 0.693. The van der Waals surface area contributed by atoms with Crippen molar-refractivity contribution in [3.63, 3.8) is 0 Å². The molecule has 2 amide bonds. The van der Waals surface area contributed by atoms with Crippen molar-refractivity contribution in [1.29, 1.82) is 0 Å². The number of nitrogens with one attached hydrogen (secondary N) is 2. The van der Waals surface area contributed by atoms with Crippen molar-refractivity contribution in [2.45, 2.75) is 31.8 Å². The minimum absolute atomic E-state index is 0.398. The lowest BCUT2D eigenvalue weighted by Crippen LogP contribution is -2.44. The average Bonchev–Trinajstić information content (AvgIpc) is 2.45. The number of hydrogen-bond donors (Lipinski definition) is 3. The second kappa shape index (κ2) is 7.85. The lowest BCUT2D eigenvalue weighted by molar-refractivity contribution is -0.139. The van der Waals surface area contributed by atoms with E-state index in [0.29, 0.717) is 12.0 Å². The zero-order chi connectivity index (χ0) is 15.0. The van der Waals surface area contributed by atoms with E-state index in [9.17, 15) is 14.7 Å². The van der Waals surface area contributed by atoms with E-state index in [-0.39, 0.29) is 0 Å². The minimum Gasteiger partial charge on any atom is -0.479 e. The van der Waals surface area contributed by atoms with Crippen molar-refractivity contribution in [3.05, 3.63) is 35.9 Å². The van der Waals surface area contributed by atoms with Crippen LogP contribution in [0.1, 0.15) is 31.4 Å². The highest BCUT2D eigenvalue weighted by Crippen LogP contribution is 2.12. The number of carboxylic acids is 1. The maximum absolute atomic E-state index is 11.8. The van der Waals surface area contributed by atoms with Crippen molar-refractivity contribution in [2.24, 2.45) is 0 Å². The van der Waals surface area contributed by atoms with Gasteiger partial charge >= 0.3 is 12.0 Å². The van der Waals surface area contributed by atoms with Crippen molar-refractivity contribution in [1.82, 2.24) is 10.6 Å². The average molecular weight is 274 g/mol. The van der Waals surface area contributed by atoms with Crippen LogP contribution in [-0.2, 0) is 4.79 Å². The molecular formula is C15H18N2O3. The largest absolute Gasteiger partial charge is 0.479 e. The van der Waals surface area contributed by atoms with Gasteiger partial charge in [0.2, 0.25) is 0 Å². The summed E-state index contributed by atoms with van der Waals surface area (Å²) in [6, 6.07) is 6.41. The third-order valence-electron chi connectivity index (χ3n) is 2.74. The van der Waals surface area contributed by atoms with Crippen LogP contribution in [0.25, 0.3) is 0 Å². The van der Waals surface area contributed by atoms with Crippen LogP contribution in [0.15, 0.2) is 30.3 Å². The van der Waals surface area contributed by atoms with Crippen LogP contribution in [0, 0.1) is 12.3 Å². The van der Waals surface area contributed by atoms with Gasteiger partial charge < -0.3 is 15.7 Å². The van der Waals surface area contributed by atoms with Gasteiger partial charge in [0.25, 0.3) is 0 Å². The number of amides is 2. The van der Waals surface area contributed by atoms with E-state index >= 15 is 0 Å². The normalized spacial score (nSPS) is 12.8. The fraction of sp³-hybridized carbons (Fsp3) is 0.333. The summed E-state index contributed by atoms with van der Waals surface area (Å²) < 4.78 is 0. The highest BCUT2D eigenvalue weighted by molar-refractivity contribution is 5.83. The van der Waals surface area contributed by atoms with Crippen LogP contribution in [-0.4, -0.2) is 23.1 Å². The first kappa shape index (κ1) is 15.6. The Morgan fingerprint density at radius 3 is 2.45 bits per heavy atom. The standard InChI is InChI=1S/C15H18N2O3/c1-3-8-12(4-2)16-15(20)17-13(14(18)19)11-9-6-5-7-10-11/h2,5-7,9-10,12-13H,3,8H2,1H3,(H,18,19)(H2,16,17,20). The molecule has 0 aromatic heterocycles. The second-order valence-corrected chi connectivity index (χ2v) is 4.31. The van der Waals surface area contributed by atoms with Gasteiger partial charge in [-0.05, 0) is 12.0 Å². The molecule has 0 radical (unpaired) electrons. The van der Waals surface area contributed by atoms with Crippen LogP contribution >= 0.6 is 0 Å². The van der Waals surface area contributed by atoms with Gasteiger partial charge in [0.1, 0.15) is 0 Å².